The average molecular weight is 1070 g/mol. The van der Waals surface area contributed by atoms with Gasteiger partial charge in [0.25, 0.3) is 17.7 Å². The van der Waals surface area contributed by atoms with E-state index in [0.29, 0.717) is 66.3 Å². The van der Waals surface area contributed by atoms with Gasteiger partial charge in [0.05, 0.1) is 42.1 Å². The molecule has 75 heavy (non-hydrogen) atoms. The van der Waals surface area contributed by atoms with Crippen molar-refractivity contribution in [3.63, 3.8) is 0 Å². The standard InChI is InChI=1S/C50H64N6O11S.C2HF3O2/c1-6-53(7-2)34-22-24-38-43(31-34)66-44-32-35(54(8-3)9-4)23-25-39(44)48(38)36-17-12-13-18-37(36)50(62)55-30-15-19-41(55)49(61)51-40(33-68(63,64)65)42(57)20-16-29-52(5)28-14-10-11-21-47(60)67-56-45(58)26-27-46(56)59;3-2(4,5)1(6)7/h12-13,17-18,22-25,31-32,40-41H,6-11,14-16,19-21,26-30,33H2,1-5H3,(H-,51,61,63,64,65);(H,6,7). The number of benzene rings is 3. The van der Waals surface area contributed by atoms with E-state index in [9.17, 15) is 54.9 Å². The van der Waals surface area contributed by atoms with Gasteiger partial charge in [-0.05, 0) is 89.6 Å². The Hall–Kier alpha value is -6.72. The van der Waals surface area contributed by atoms with Crippen LogP contribution < -0.4 is 30.2 Å². The lowest BCUT2D eigenvalue weighted by Crippen LogP contribution is -3.09. The topological polar surface area (TPSA) is 251 Å². The SMILES string of the molecule is CCN(CC)c1ccc2c(-c3ccccc3C(=O)N3CCCC3C(=O)NC(CS(=O)(=O)[O-])C(=O)CCC[NH+](C)CCCCCC(=O)ON3C(=O)CCC3=O)c3ccc(=[N+](CC)CC)cc-3oc2c1.O=C([O-])C(F)(F)F. The Balaban J connectivity index is 0.00000138. The van der Waals surface area contributed by atoms with Gasteiger partial charge in [0.1, 0.15) is 42.5 Å². The van der Waals surface area contributed by atoms with Crippen LogP contribution in [0, 0.1) is 0 Å². The molecule has 2 fully saturated rings. The highest BCUT2D eigenvalue weighted by atomic mass is 32.2. The maximum atomic E-state index is 14.8. The lowest BCUT2D eigenvalue weighted by molar-refractivity contribution is -0.880. The molecule has 2 N–H and O–H groups in total. The number of hydroxylamine groups is 2. The number of hydrogen-bond acceptors (Lipinski definition) is 14. The van der Waals surface area contributed by atoms with Crippen LogP contribution in [0.5, 0.6) is 0 Å². The van der Waals surface area contributed by atoms with E-state index in [1.165, 1.54) is 4.90 Å². The molecule has 6 rings (SSSR count). The molecule has 0 spiro atoms. The van der Waals surface area contributed by atoms with Crippen molar-refractivity contribution in [2.24, 2.45) is 0 Å². The summed E-state index contributed by atoms with van der Waals surface area (Å²) in [6, 6.07) is 16.8. The molecule has 4 aliphatic rings. The molecule has 2 aromatic rings. The molecule has 4 amide bonds. The molecular weight excluding hydrogens is 1010 g/mol. The van der Waals surface area contributed by atoms with Crippen LogP contribution in [-0.2, 0) is 43.7 Å². The number of rotatable bonds is 23. The van der Waals surface area contributed by atoms with Gasteiger partial charge in [-0.1, -0.05) is 18.2 Å². The molecule has 19 nitrogen and oxygen atoms in total. The number of Topliss-reactive ketones (excluding diaryl/α,β-unsaturated/α-hetero) is 1. The second-order valence-corrected chi connectivity index (χ2v) is 19.8. The number of fused-ring (bicyclic) bond motifs is 2. The van der Waals surface area contributed by atoms with Gasteiger partial charge in [-0.3, -0.25) is 24.0 Å². The summed E-state index contributed by atoms with van der Waals surface area (Å²) < 4.78 is 76.6. The van der Waals surface area contributed by atoms with Gasteiger partial charge in [-0.25, -0.2) is 17.8 Å². The number of halogens is 3. The van der Waals surface area contributed by atoms with Crippen molar-refractivity contribution in [1.82, 2.24) is 19.9 Å². The third-order valence-electron chi connectivity index (χ3n) is 13.2. The number of carboxylic acids is 1. The minimum atomic E-state index is -5.19. The van der Waals surface area contributed by atoms with Gasteiger partial charge in [0, 0.05) is 91.6 Å². The number of imide groups is 1. The minimum Gasteiger partial charge on any atom is -0.748 e. The van der Waals surface area contributed by atoms with Gasteiger partial charge in [-0.15, -0.1) is 5.06 Å². The van der Waals surface area contributed by atoms with Crippen LogP contribution in [0.3, 0.4) is 0 Å². The summed E-state index contributed by atoms with van der Waals surface area (Å²) in [7, 11) is -3.01. The van der Waals surface area contributed by atoms with Crippen LogP contribution in [0.2, 0.25) is 0 Å². The first-order chi connectivity index (χ1) is 35.5. The van der Waals surface area contributed by atoms with E-state index >= 15 is 0 Å². The molecule has 3 heterocycles. The highest BCUT2D eigenvalue weighted by Gasteiger charge is 2.38. The Bertz CT molecular complexity index is 2870. The van der Waals surface area contributed by atoms with Gasteiger partial charge < -0.3 is 43.7 Å². The molecule has 2 saturated heterocycles. The van der Waals surface area contributed by atoms with E-state index < -0.39 is 75.5 Å². The Kier molecular flexibility index (Phi) is 21.0. The summed E-state index contributed by atoms with van der Waals surface area (Å²) in [5.41, 5.74) is 4.27. The molecule has 3 aliphatic heterocycles. The second-order valence-electron chi connectivity index (χ2n) is 18.3. The van der Waals surface area contributed by atoms with Crippen molar-refractivity contribution in [2.75, 3.05) is 63.5 Å². The van der Waals surface area contributed by atoms with Crippen molar-refractivity contribution in [2.45, 2.75) is 110 Å². The number of carbonyl (C=O) groups excluding carboxylic acids is 7. The Morgan fingerprint density at radius 3 is 2.17 bits per heavy atom. The summed E-state index contributed by atoms with van der Waals surface area (Å²) in [6.45, 7) is 13.1. The van der Waals surface area contributed by atoms with E-state index in [-0.39, 0.29) is 38.6 Å². The molecule has 3 unspecified atom stereocenters. The molecule has 2 aromatic carbocycles. The first-order valence-corrected chi connectivity index (χ1v) is 26.8. The first kappa shape index (κ1) is 59.2. The predicted molar refractivity (Wildman–Crippen MR) is 266 cm³/mol. The number of amides is 4. The van der Waals surface area contributed by atoms with Gasteiger partial charge in [-0.2, -0.15) is 13.2 Å². The van der Waals surface area contributed by atoms with E-state index in [1.807, 2.05) is 43.4 Å². The summed E-state index contributed by atoms with van der Waals surface area (Å²) in [5.74, 6) is -6.88. The first-order valence-electron chi connectivity index (χ1n) is 25.2. The molecule has 3 atom stereocenters. The van der Waals surface area contributed by atoms with Crippen LogP contribution in [0.25, 0.3) is 33.4 Å². The fourth-order valence-corrected chi connectivity index (χ4v) is 9.96. The second kappa shape index (κ2) is 26.7. The molecule has 0 radical (unpaired) electrons. The van der Waals surface area contributed by atoms with E-state index in [0.717, 1.165) is 65.1 Å². The Morgan fingerprint density at radius 2 is 1.55 bits per heavy atom. The summed E-state index contributed by atoms with van der Waals surface area (Å²) in [5, 5.41) is 13.7. The number of aliphatic carboxylic acids is 1. The van der Waals surface area contributed by atoms with Crippen molar-refractivity contribution in [1.29, 1.82) is 0 Å². The number of unbranched alkanes of at least 4 members (excludes halogenated alkanes) is 2. The Morgan fingerprint density at radius 1 is 0.893 bits per heavy atom. The van der Waals surface area contributed by atoms with Crippen LogP contribution in [0.15, 0.2) is 65.1 Å². The van der Waals surface area contributed by atoms with Crippen molar-refractivity contribution in [3.8, 4) is 22.5 Å². The van der Waals surface area contributed by atoms with Crippen LogP contribution in [0.4, 0.5) is 18.9 Å². The zero-order valence-corrected chi connectivity index (χ0v) is 43.6. The van der Waals surface area contributed by atoms with Crippen molar-refractivity contribution >= 4 is 68.1 Å². The summed E-state index contributed by atoms with van der Waals surface area (Å²) in [4.78, 5) is 96.2. The molecule has 0 bridgehead atoms. The number of nitrogens with zero attached hydrogens (tertiary/aromatic N) is 4. The maximum absolute atomic E-state index is 14.8. The van der Waals surface area contributed by atoms with E-state index in [4.69, 9.17) is 19.2 Å². The number of alkyl halides is 3. The lowest BCUT2D eigenvalue weighted by atomic mass is 9.90. The fourth-order valence-electron chi connectivity index (χ4n) is 9.28. The van der Waals surface area contributed by atoms with Gasteiger partial charge in [0.15, 0.2) is 5.78 Å². The number of quaternary nitrogens is 1. The van der Waals surface area contributed by atoms with Crippen LogP contribution >= 0.6 is 0 Å². The van der Waals surface area contributed by atoms with Crippen molar-refractivity contribution < 1.29 is 79.0 Å². The highest BCUT2D eigenvalue weighted by Crippen LogP contribution is 2.42. The zero-order chi connectivity index (χ0) is 55.2. The summed E-state index contributed by atoms with van der Waals surface area (Å²) in [6.07, 6.45) is -2.14. The zero-order valence-electron chi connectivity index (χ0n) is 42.8. The lowest BCUT2D eigenvalue weighted by Gasteiger charge is -2.28. The highest BCUT2D eigenvalue weighted by molar-refractivity contribution is 7.85. The van der Waals surface area contributed by atoms with Gasteiger partial charge in [0.2, 0.25) is 11.3 Å². The van der Waals surface area contributed by atoms with E-state index in [2.05, 4.69) is 54.6 Å². The minimum absolute atomic E-state index is 0.0268. The largest absolute Gasteiger partial charge is 0.748 e. The molecule has 408 valence electrons. The summed E-state index contributed by atoms with van der Waals surface area (Å²) >= 11 is 0. The third kappa shape index (κ3) is 15.9. The normalized spacial score (nSPS) is 15.6. The van der Waals surface area contributed by atoms with Crippen molar-refractivity contribution in [3.05, 3.63) is 71.6 Å². The quantitative estimate of drug-likeness (QED) is 0.0357. The smallest absolute Gasteiger partial charge is 0.430 e. The molecular formula is C52H65F3N6O13S. The van der Waals surface area contributed by atoms with Crippen LogP contribution in [-0.4, -0.2) is 141 Å². The van der Waals surface area contributed by atoms with Gasteiger partial charge >= 0.3 is 12.1 Å². The molecule has 1 aliphatic carbocycles. The molecule has 0 aromatic heterocycles. The Labute approximate surface area is 433 Å². The number of ketones is 1. The fraction of sp³-hybridized carbons (Fsp3) is 0.500. The maximum Gasteiger partial charge on any atom is 0.430 e. The number of nitrogens with one attached hydrogen (secondary N) is 2. The number of likely N-dealkylation sites (tertiary alicyclic amines) is 1. The number of hydrogen-bond donors (Lipinski definition) is 2. The monoisotopic (exact) mass is 1070 g/mol. The average Bonchev–Trinajstić information content (AvgIpc) is 3.98. The molecule has 0 saturated carbocycles. The predicted octanol–water partition coefficient (Wildman–Crippen LogP) is 2.83. The van der Waals surface area contributed by atoms with E-state index in [1.54, 1.807) is 12.1 Å². The number of carboxylic acid groups (broad SMARTS) is 1. The third-order valence-corrected chi connectivity index (χ3v) is 13.9. The number of carbonyl (C=O) groups is 7. The number of anilines is 1. The molecule has 23 heteroatoms. The van der Waals surface area contributed by atoms with Crippen LogP contribution in [0.1, 0.15) is 102 Å².